The number of nitrogens with one attached hydrogen (secondary N) is 2. The Bertz CT molecular complexity index is 1130. The van der Waals surface area contributed by atoms with Crippen LogP contribution in [0.1, 0.15) is 33.7 Å². The number of aromatic amines is 1. The summed E-state index contributed by atoms with van der Waals surface area (Å²) >= 11 is 0. The molecule has 2 amide bonds. The topological polar surface area (TPSA) is 95.4 Å². The molecule has 150 valence electrons. The van der Waals surface area contributed by atoms with Crippen LogP contribution in [0.3, 0.4) is 0 Å². The van der Waals surface area contributed by atoms with Crippen LogP contribution < -0.4 is 10.9 Å². The van der Waals surface area contributed by atoms with Crippen molar-refractivity contribution in [1.29, 1.82) is 0 Å². The largest absolute Gasteiger partial charge is 0.427 e. The van der Waals surface area contributed by atoms with Crippen LogP contribution in [0.5, 0.6) is 0 Å². The zero-order chi connectivity index (χ0) is 20.4. The number of para-hydroxylation sites is 1. The summed E-state index contributed by atoms with van der Waals surface area (Å²) in [5, 5.41) is 3.88. The Balaban J connectivity index is 1.53. The molecule has 1 saturated heterocycles. The molecule has 0 saturated carbocycles. The highest BCUT2D eigenvalue weighted by atomic mass is 16.4. The minimum atomic E-state index is -0.645. The van der Waals surface area contributed by atoms with Crippen molar-refractivity contribution in [3.8, 4) is 0 Å². The summed E-state index contributed by atoms with van der Waals surface area (Å²) in [5.74, 6) is -0.118. The highest BCUT2D eigenvalue weighted by Crippen LogP contribution is 2.20. The molecule has 3 heterocycles. The van der Waals surface area contributed by atoms with Gasteiger partial charge >= 0.3 is 5.63 Å². The molecule has 7 nitrogen and oxygen atoms in total. The van der Waals surface area contributed by atoms with Gasteiger partial charge in [0, 0.05) is 36.6 Å². The van der Waals surface area contributed by atoms with Crippen LogP contribution in [-0.2, 0) is 17.6 Å². The van der Waals surface area contributed by atoms with Crippen LogP contribution in [0.4, 0.5) is 0 Å². The Morgan fingerprint density at radius 3 is 2.86 bits per heavy atom. The van der Waals surface area contributed by atoms with Crippen molar-refractivity contribution in [3.05, 3.63) is 69.4 Å². The third-order valence-corrected chi connectivity index (χ3v) is 5.28. The molecule has 4 rings (SSSR count). The summed E-state index contributed by atoms with van der Waals surface area (Å²) in [6.45, 7) is 2.65. The third kappa shape index (κ3) is 3.94. The van der Waals surface area contributed by atoms with Gasteiger partial charge in [0.2, 0.25) is 5.91 Å². The third-order valence-electron chi connectivity index (χ3n) is 5.28. The smallest absolute Gasteiger partial charge is 0.349 e. The maximum absolute atomic E-state index is 12.8. The number of hydrogen-bond donors (Lipinski definition) is 2. The Hall–Kier alpha value is -3.35. The summed E-state index contributed by atoms with van der Waals surface area (Å²) in [5.41, 5.74) is 2.16. The Kier molecular flexibility index (Phi) is 5.20. The number of hydrogen-bond acceptors (Lipinski definition) is 4. The molecule has 7 heteroatoms. The first-order valence-electron chi connectivity index (χ1n) is 9.77. The number of amides is 2. The van der Waals surface area contributed by atoms with Gasteiger partial charge in [-0.25, -0.2) is 4.79 Å². The van der Waals surface area contributed by atoms with E-state index in [4.69, 9.17) is 4.42 Å². The molecule has 0 spiro atoms. The number of rotatable bonds is 4. The number of carbonyl (C=O) groups is 2. The number of benzene rings is 1. The zero-order valence-corrected chi connectivity index (χ0v) is 16.3. The first-order valence-corrected chi connectivity index (χ1v) is 9.77. The summed E-state index contributed by atoms with van der Waals surface area (Å²) in [6, 6.07) is 9.80. The van der Waals surface area contributed by atoms with E-state index in [9.17, 15) is 14.4 Å². The molecule has 2 aromatic heterocycles. The van der Waals surface area contributed by atoms with Gasteiger partial charge in [0.05, 0.1) is 6.54 Å². The van der Waals surface area contributed by atoms with Crippen LogP contribution >= 0.6 is 0 Å². The van der Waals surface area contributed by atoms with Gasteiger partial charge in [0.15, 0.2) is 0 Å². The van der Waals surface area contributed by atoms with Crippen LogP contribution in [-0.4, -0.2) is 41.3 Å². The SMILES string of the molecule is Cc1cc(CCc2c[nH]c3ccccc23)oc(=O)c1C(=O)N1CCCNC(=O)C1. The van der Waals surface area contributed by atoms with Gasteiger partial charge in [0.25, 0.3) is 5.91 Å². The number of nitrogens with zero attached hydrogens (tertiary/aromatic N) is 1. The van der Waals surface area contributed by atoms with E-state index in [2.05, 4.69) is 16.4 Å². The van der Waals surface area contributed by atoms with Gasteiger partial charge in [0.1, 0.15) is 11.3 Å². The molecule has 1 aliphatic heterocycles. The van der Waals surface area contributed by atoms with Crippen molar-refractivity contribution in [1.82, 2.24) is 15.2 Å². The van der Waals surface area contributed by atoms with Gasteiger partial charge in [-0.05, 0) is 43.0 Å². The minimum Gasteiger partial charge on any atom is -0.427 e. The van der Waals surface area contributed by atoms with Crippen molar-refractivity contribution in [3.63, 3.8) is 0 Å². The number of H-pyrrole nitrogens is 1. The average Bonchev–Trinajstić information content (AvgIpc) is 2.98. The van der Waals surface area contributed by atoms with Gasteiger partial charge < -0.3 is 19.6 Å². The fourth-order valence-corrected chi connectivity index (χ4v) is 3.79. The molecule has 0 radical (unpaired) electrons. The molecule has 3 aromatic rings. The van der Waals surface area contributed by atoms with Crippen LogP contribution in [0.15, 0.2) is 45.7 Å². The molecule has 1 fully saturated rings. The fraction of sp³-hybridized carbons (Fsp3) is 0.318. The molecule has 1 aromatic carbocycles. The normalized spacial score (nSPS) is 14.7. The Morgan fingerprint density at radius 1 is 1.21 bits per heavy atom. The summed E-state index contributed by atoms with van der Waals surface area (Å²) in [6.07, 6.45) is 3.90. The van der Waals surface area contributed by atoms with Crippen molar-refractivity contribution in [2.45, 2.75) is 26.2 Å². The first-order chi connectivity index (χ1) is 14.0. The molecule has 0 unspecified atom stereocenters. The van der Waals surface area contributed by atoms with E-state index in [1.165, 1.54) is 4.90 Å². The minimum absolute atomic E-state index is 0.00976. The average molecular weight is 393 g/mol. The molecular formula is C22H23N3O4. The number of aromatic nitrogens is 1. The van der Waals surface area contributed by atoms with Gasteiger partial charge in [-0.3, -0.25) is 9.59 Å². The van der Waals surface area contributed by atoms with E-state index >= 15 is 0 Å². The van der Waals surface area contributed by atoms with E-state index in [1.807, 2.05) is 24.4 Å². The van der Waals surface area contributed by atoms with Gasteiger partial charge in [-0.1, -0.05) is 18.2 Å². The molecule has 0 bridgehead atoms. The summed E-state index contributed by atoms with van der Waals surface area (Å²) in [4.78, 5) is 41.8. The molecular weight excluding hydrogens is 370 g/mol. The quantitative estimate of drug-likeness (QED) is 0.710. The number of fused-ring (bicyclic) bond motifs is 1. The second kappa shape index (κ2) is 7.95. The highest BCUT2D eigenvalue weighted by Gasteiger charge is 2.25. The van der Waals surface area contributed by atoms with Crippen LogP contribution in [0, 0.1) is 6.92 Å². The van der Waals surface area contributed by atoms with Crippen molar-refractivity contribution in [2.24, 2.45) is 0 Å². The Labute approximate surface area is 167 Å². The molecule has 2 N–H and O–H groups in total. The predicted molar refractivity (Wildman–Crippen MR) is 109 cm³/mol. The van der Waals surface area contributed by atoms with Crippen molar-refractivity contribution < 1.29 is 14.0 Å². The summed E-state index contributed by atoms with van der Waals surface area (Å²) in [7, 11) is 0. The maximum Gasteiger partial charge on any atom is 0.349 e. The van der Waals surface area contributed by atoms with E-state index < -0.39 is 11.5 Å². The van der Waals surface area contributed by atoms with Gasteiger partial charge in [-0.15, -0.1) is 0 Å². The van der Waals surface area contributed by atoms with Crippen molar-refractivity contribution >= 4 is 22.7 Å². The maximum atomic E-state index is 12.8. The van der Waals surface area contributed by atoms with E-state index in [1.54, 1.807) is 13.0 Å². The molecule has 29 heavy (non-hydrogen) atoms. The molecule has 0 atom stereocenters. The Morgan fingerprint density at radius 2 is 2.03 bits per heavy atom. The van der Waals surface area contributed by atoms with Crippen molar-refractivity contribution in [2.75, 3.05) is 19.6 Å². The second-order valence-electron chi connectivity index (χ2n) is 7.35. The monoisotopic (exact) mass is 393 g/mol. The summed E-state index contributed by atoms with van der Waals surface area (Å²) < 4.78 is 5.46. The zero-order valence-electron chi connectivity index (χ0n) is 16.3. The molecule has 1 aliphatic rings. The lowest BCUT2D eigenvalue weighted by molar-refractivity contribution is -0.121. The number of aryl methyl sites for hydroxylation is 3. The molecule has 0 aliphatic carbocycles. The fourth-order valence-electron chi connectivity index (χ4n) is 3.79. The first kappa shape index (κ1) is 19.0. The van der Waals surface area contributed by atoms with Crippen LogP contribution in [0.2, 0.25) is 0 Å². The number of carbonyl (C=O) groups excluding carboxylic acids is 2. The van der Waals surface area contributed by atoms with E-state index in [0.717, 1.165) is 16.5 Å². The lowest BCUT2D eigenvalue weighted by atomic mass is 10.0. The van der Waals surface area contributed by atoms with E-state index in [0.29, 0.717) is 43.7 Å². The highest BCUT2D eigenvalue weighted by molar-refractivity contribution is 5.97. The predicted octanol–water partition coefficient (Wildman–Crippen LogP) is 2.18. The second-order valence-corrected chi connectivity index (χ2v) is 7.35. The lowest BCUT2D eigenvalue weighted by Crippen LogP contribution is -2.39. The standard InChI is InChI=1S/C22H23N3O4/c1-14-11-16(8-7-15-12-24-18-6-3-2-5-17(15)18)29-22(28)20(14)21(27)25-10-4-9-23-19(26)13-25/h2-3,5-6,11-12,24H,4,7-10,13H2,1H3,(H,23,26). The lowest BCUT2D eigenvalue weighted by Gasteiger charge is -2.19. The van der Waals surface area contributed by atoms with Gasteiger partial charge in [-0.2, -0.15) is 0 Å². The van der Waals surface area contributed by atoms with Crippen LogP contribution in [0.25, 0.3) is 10.9 Å². The van der Waals surface area contributed by atoms with E-state index in [-0.39, 0.29) is 18.0 Å².